The van der Waals surface area contributed by atoms with E-state index in [9.17, 15) is 4.79 Å². The van der Waals surface area contributed by atoms with Crippen molar-refractivity contribution in [3.05, 3.63) is 42.0 Å². The van der Waals surface area contributed by atoms with E-state index in [1.54, 1.807) is 12.4 Å². The van der Waals surface area contributed by atoms with E-state index >= 15 is 0 Å². The van der Waals surface area contributed by atoms with Crippen molar-refractivity contribution >= 4 is 5.97 Å². The van der Waals surface area contributed by atoms with E-state index in [1.807, 2.05) is 12.1 Å². The van der Waals surface area contributed by atoms with E-state index in [0.717, 1.165) is 5.56 Å². The van der Waals surface area contributed by atoms with Crippen LogP contribution in [-0.4, -0.2) is 31.1 Å². The second kappa shape index (κ2) is 3.87. The molecule has 0 aromatic carbocycles. The summed E-state index contributed by atoms with van der Waals surface area (Å²) in [5, 5.41) is 15.8. The summed E-state index contributed by atoms with van der Waals surface area (Å²) in [6.45, 7) is 0.466. The Morgan fingerprint density at radius 1 is 1.53 bits per heavy atom. The first-order valence-corrected chi connectivity index (χ1v) is 4.28. The summed E-state index contributed by atoms with van der Waals surface area (Å²) >= 11 is 0. The Bertz CT molecular complexity index is 466. The predicted molar refractivity (Wildman–Crippen MR) is 50.3 cm³/mol. The van der Waals surface area contributed by atoms with Crippen LogP contribution in [0, 0.1) is 0 Å². The van der Waals surface area contributed by atoms with Crippen LogP contribution in [0.2, 0.25) is 0 Å². The summed E-state index contributed by atoms with van der Waals surface area (Å²) in [5.74, 6) is -1.08. The minimum Gasteiger partial charge on any atom is -0.476 e. The Morgan fingerprint density at radius 3 is 3.00 bits per heavy atom. The molecule has 0 aliphatic heterocycles. The van der Waals surface area contributed by atoms with Gasteiger partial charge in [-0.05, 0) is 11.6 Å². The van der Waals surface area contributed by atoms with Crippen LogP contribution in [0.15, 0.2) is 30.7 Å². The fourth-order valence-corrected chi connectivity index (χ4v) is 1.15. The first-order valence-electron chi connectivity index (χ1n) is 4.28. The smallest absolute Gasteiger partial charge is 0.358 e. The third-order valence-electron chi connectivity index (χ3n) is 1.83. The average molecular weight is 204 g/mol. The van der Waals surface area contributed by atoms with E-state index in [2.05, 4.69) is 15.3 Å². The van der Waals surface area contributed by atoms with Gasteiger partial charge in [-0.3, -0.25) is 4.98 Å². The van der Waals surface area contributed by atoms with E-state index in [0.29, 0.717) is 6.54 Å². The standard InChI is InChI=1S/C9H8N4O2/c14-9(15)8-6-13(12-11-8)5-7-2-1-3-10-4-7/h1-4,6H,5H2,(H,14,15). The van der Waals surface area contributed by atoms with Gasteiger partial charge in [0.1, 0.15) is 0 Å². The summed E-state index contributed by atoms with van der Waals surface area (Å²) in [6, 6.07) is 3.69. The molecule has 0 saturated carbocycles. The third-order valence-corrected chi connectivity index (χ3v) is 1.83. The van der Waals surface area contributed by atoms with Gasteiger partial charge in [-0.1, -0.05) is 11.3 Å². The molecule has 0 bridgehead atoms. The van der Waals surface area contributed by atoms with Crippen LogP contribution in [0.1, 0.15) is 16.1 Å². The van der Waals surface area contributed by atoms with Crippen LogP contribution < -0.4 is 0 Å². The Morgan fingerprint density at radius 2 is 2.40 bits per heavy atom. The highest BCUT2D eigenvalue weighted by Gasteiger charge is 2.07. The molecule has 0 atom stereocenters. The summed E-state index contributed by atoms with van der Waals surface area (Å²) in [5.41, 5.74) is 0.887. The molecule has 2 aromatic heterocycles. The number of carboxylic acids is 1. The number of aromatic carboxylic acids is 1. The normalized spacial score (nSPS) is 10.1. The molecule has 0 aliphatic carbocycles. The number of carboxylic acid groups (broad SMARTS) is 1. The maximum Gasteiger partial charge on any atom is 0.358 e. The molecule has 0 aliphatic rings. The first-order chi connectivity index (χ1) is 7.25. The number of pyridine rings is 1. The van der Waals surface area contributed by atoms with Crippen molar-refractivity contribution in [2.45, 2.75) is 6.54 Å². The Kier molecular flexibility index (Phi) is 2.40. The van der Waals surface area contributed by atoms with Gasteiger partial charge in [-0.2, -0.15) is 0 Å². The lowest BCUT2D eigenvalue weighted by Gasteiger charge is -1.98. The predicted octanol–water partition coefficient (Wildman–Crippen LogP) is 0.420. The Balaban J connectivity index is 2.15. The van der Waals surface area contributed by atoms with Crippen LogP contribution in [0.4, 0.5) is 0 Å². The van der Waals surface area contributed by atoms with Crippen LogP contribution in [0.5, 0.6) is 0 Å². The van der Waals surface area contributed by atoms with Crippen LogP contribution in [-0.2, 0) is 6.54 Å². The average Bonchev–Trinajstić information content (AvgIpc) is 2.68. The maximum absolute atomic E-state index is 10.5. The zero-order valence-electron chi connectivity index (χ0n) is 7.74. The van der Waals surface area contributed by atoms with Gasteiger partial charge in [0.25, 0.3) is 0 Å². The topological polar surface area (TPSA) is 80.9 Å². The van der Waals surface area contributed by atoms with Gasteiger partial charge in [-0.25, -0.2) is 9.48 Å². The highest BCUT2D eigenvalue weighted by atomic mass is 16.4. The molecule has 1 N–H and O–H groups in total. The minimum atomic E-state index is -1.08. The van der Waals surface area contributed by atoms with E-state index in [4.69, 9.17) is 5.11 Å². The van der Waals surface area contributed by atoms with Crippen LogP contribution >= 0.6 is 0 Å². The largest absolute Gasteiger partial charge is 0.476 e. The lowest BCUT2D eigenvalue weighted by atomic mass is 10.3. The summed E-state index contributed by atoms with van der Waals surface area (Å²) < 4.78 is 1.46. The number of nitrogens with zero attached hydrogens (tertiary/aromatic N) is 4. The molecular formula is C9H8N4O2. The van der Waals surface area contributed by atoms with Gasteiger partial charge in [0.2, 0.25) is 0 Å². The molecule has 15 heavy (non-hydrogen) atoms. The third kappa shape index (κ3) is 2.16. The minimum absolute atomic E-state index is 0.0566. The van der Waals surface area contributed by atoms with E-state index in [1.165, 1.54) is 10.9 Å². The van der Waals surface area contributed by atoms with Gasteiger partial charge >= 0.3 is 5.97 Å². The number of aromatic nitrogens is 4. The van der Waals surface area contributed by atoms with Gasteiger partial charge in [-0.15, -0.1) is 5.10 Å². The summed E-state index contributed by atoms with van der Waals surface area (Å²) in [4.78, 5) is 14.5. The van der Waals surface area contributed by atoms with Crippen molar-refractivity contribution in [3.63, 3.8) is 0 Å². The Hall–Kier alpha value is -2.24. The molecule has 2 rings (SSSR count). The molecular weight excluding hydrogens is 196 g/mol. The van der Waals surface area contributed by atoms with Gasteiger partial charge in [0.15, 0.2) is 5.69 Å². The fourth-order valence-electron chi connectivity index (χ4n) is 1.15. The van der Waals surface area contributed by atoms with Gasteiger partial charge in [0.05, 0.1) is 12.7 Å². The van der Waals surface area contributed by atoms with Crippen LogP contribution in [0.25, 0.3) is 0 Å². The second-order valence-corrected chi connectivity index (χ2v) is 2.97. The molecule has 6 nitrogen and oxygen atoms in total. The van der Waals surface area contributed by atoms with Crippen molar-refractivity contribution < 1.29 is 9.90 Å². The van der Waals surface area contributed by atoms with Crippen molar-refractivity contribution in [1.29, 1.82) is 0 Å². The number of rotatable bonds is 3. The highest BCUT2D eigenvalue weighted by Crippen LogP contribution is 2.00. The maximum atomic E-state index is 10.5. The number of hydrogen-bond donors (Lipinski definition) is 1. The Labute approximate surface area is 85.2 Å². The highest BCUT2D eigenvalue weighted by molar-refractivity contribution is 5.84. The summed E-state index contributed by atoms with van der Waals surface area (Å²) in [6.07, 6.45) is 4.75. The molecule has 0 spiro atoms. The number of carbonyl (C=O) groups is 1. The quantitative estimate of drug-likeness (QED) is 0.783. The van der Waals surface area contributed by atoms with Crippen molar-refractivity contribution in [1.82, 2.24) is 20.0 Å². The van der Waals surface area contributed by atoms with Crippen LogP contribution in [0.3, 0.4) is 0 Å². The van der Waals surface area contributed by atoms with Gasteiger partial charge in [0, 0.05) is 12.4 Å². The van der Waals surface area contributed by atoms with Crippen molar-refractivity contribution in [2.75, 3.05) is 0 Å². The summed E-state index contributed by atoms with van der Waals surface area (Å²) in [7, 11) is 0. The SMILES string of the molecule is O=C(O)c1cn(Cc2cccnc2)nn1. The second-order valence-electron chi connectivity index (χ2n) is 2.97. The molecule has 76 valence electrons. The molecule has 0 radical (unpaired) electrons. The first kappa shape index (κ1) is 9.32. The molecule has 2 heterocycles. The van der Waals surface area contributed by atoms with Gasteiger partial charge < -0.3 is 5.11 Å². The molecule has 0 amide bonds. The van der Waals surface area contributed by atoms with E-state index in [-0.39, 0.29) is 5.69 Å². The molecule has 0 unspecified atom stereocenters. The molecule has 2 aromatic rings. The fraction of sp³-hybridized carbons (Fsp3) is 0.111. The molecule has 0 saturated heterocycles. The lowest BCUT2D eigenvalue weighted by Crippen LogP contribution is -2.00. The zero-order chi connectivity index (χ0) is 10.7. The monoisotopic (exact) mass is 204 g/mol. The number of hydrogen-bond acceptors (Lipinski definition) is 4. The molecule has 6 heteroatoms. The molecule has 0 fully saturated rings. The zero-order valence-corrected chi connectivity index (χ0v) is 7.74. The van der Waals surface area contributed by atoms with E-state index < -0.39 is 5.97 Å². The lowest BCUT2D eigenvalue weighted by molar-refractivity contribution is 0.0690. The van der Waals surface area contributed by atoms with Crippen molar-refractivity contribution in [3.8, 4) is 0 Å². The van der Waals surface area contributed by atoms with Crippen molar-refractivity contribution in [2.24, 2.45) is 0 Å².